The maximum atomic E-state index is 11.5. The topological polar surface area (TPSA) is 97.4 Å². The van der Waals surface area contributed by atoms with E-state index < -0.39 is 6.09 Å². The quantitative estimate of drug-likeness (QED) is 0.201. The van der Waals surface area contributed by atoms with Gasteiger partial charge in [-0.1, -0.05) is 12.8 Å². The second-order valence-corrected chi connectivity index (χ2v) is 7.02. The Morgan fingerprint density at radius 3 is 2.06 bits per heavy atom. The van der Waals surface area contributed by atoms with Crippen molar-refractivity contribution in [2.75, 3.05) is 78.5 Å². The van der Waals surface area contributed by atoms with Gasteiger partial charge in [0, 0.05) is 31.4 Å². The summed E-state index contributed by atoms with van der Waals surface area (Å²) in [5, 5.41) is 2.62. The minimum atomic E-state index is -0.491. The molecule has 1 N–H and O–H groups in total. The van der Waals surface area contributed by atoms with Crippen molar-refractivity contribution in [2.45, 2.75) is 25.7 Å². The van der Waals surface area contributed by atoms with Crippen molar-refractivity contribution in [2.24, 2.45) is 0 Å². The molecular weight excluding hydrogens is 440 g/mol. The molecule has 0 saturated carbocycles. The number of ether oxygens (including phenoxy) is 6. The molecule has 10 heteroatoms. The molecule has 1 rings (SSSR count). The summed E-state index contributed by atoms with van der Waals surface area (Å²) in [6.45, 7) is 4.87. The highest BCUT2D eigenvalue weighted by molar-refractivity contribution is 6.17. The van der Waals surface area contributed by atoms with Gasteiger partial charge in [-0.3, -0.25) is 4.98 Å². The Hall–Kier alpha value is -1.65. The van der Waals surface area contributed by atoms with Crippen molar-refractivity contribution in [3.63, 3.8) is 0 Å². The highest BCUT2D eigenvalue weighted by atomic mass is 35.5. The molecule has 1 amide bonds. The number of halogens is 1. The second kappa shape index (κ2) is 22.5. The summed E-state index contributed by atoms with van der Waals surface area (Å²) in [5.74, 6) is 1.49. The van der Waals surface area contributed by atoms with E-state index in [1.165, 1.54) is 0 Å². The van der Waals surface area contributed by atoms with Gasteiger partial charge in [-0.05, 0) is 25.0 Å². The maximum absolute atomic E-state index is 11.5. The van der Waals surface area contributed by atoms with Gasteiger partial charge in [0.05, 0.1) is 46.2 Å². The second-order valence-electron chi connectivity index (χ2n) is 6.65. The Morgan fingerprint density at radius 1 is 0.750 bits per heavy atom. The predicted molar refractivity (Wildman–Crippen MR) is 122 cm³/mol. The molecule has 0 aliphatic heterocycles. The van der Waals surface area contributed by atoms with Crippen LogP contribution in [-0.4, -0.2) is 89.6 Å². The SMILES string of the molecule is O=C(NCCOCCOCCCCCCCl)OCCOCCOCCOc1ccncc1. The molecule has 1 aromatic rings. The number of nitrogens with zero attached hydrogens (tertiary/aromatic N) is 1. The van der Waals surface area contributed by atoms with Crippen molar-refractivity contribution in [1.82, 2.24) is 10.3 Å². The van der Waals surface area contributed by atoms with Crippen LogP contribution >= 0.6 is 11.6 Å². The van der Waals surface area contributed by atoms with E-state index in [1.54, 1.807) is 24.5 Å². The van der Waals surface area contributed by atoms with Gasteiger partial charge in [0.2, 0.25) is 0 Å². The standard InChI is InChI=1S/C22H37ClN2O7/c23-7-3-1-2-4-11-27-13-14-28-12-10-25-22(26)32-20-18-30-16-15-29-17-19-31-21-5-8-24-9-6-21/h5-6,8-9H,1-4,7,10-20H2,(H,25,26). The van der Waals surface area contributed by atoms with Crippen molar-refractivity contribution < 1.29 is 33.2 Å². The smallest absolute Gasteiger partial charge is 0.407 e. The molecule has 0 fully saturated rings. The van der Waals surface area contributed by atoms with Gasteiger partial charge in [-0.2, -0.15) is 0 Å². The van der Waals surface area contributed by atoms with E-state index in [2.05, 4.69) is 10.3 Å². The fourth-order valence-corrected chi connectivity index (χ4v) is 2.61. The lowest BCUT2D eigenvalue weighted by molar-refractivity contribution is 0.0202. The van der Waals surface area contributed by atoms with Gasteiger partial charge >= 0.3 is 6.09 Å². The summed E-state index contributed by atoms with van der Waals surface area (Å²) in [7, 11) is 0. The van der Waals surface area contributed by atoms with Crippen molar-refractivity contribution in [1.29, 1.82) is 0 Å². The molecule has 0 saturated heterocycles. The van der Waals surface area contributed by atoms with Crippen LogP contribution in [0.15, 0.2) is 24.5 Å². The fourth-order valence-electron chi connectivity index (χ4n) is 2.42. The molecule has 0 bridgehead atoms. The van der Waals surface area contributed by atoms with Gasteiger partial charge in [0.15, 0.2) is 0 Å². The molecule has 0 aliphatic rings. The molecule has 0 atom stereocenters. The van der Waals surface area contributed by atoms with E-state index in [1.807, 2.05) is 0 Å². The third-order valence-corrected chi connectivity index (χ3v) is 4.31. The minimum absolute atomic E-state index is 0.177. The molecule has 184 valence electrons. The van der Waals surface area contributed by atoms with Gasteiger partial charge in [-0.15, -0.1) is 11.6 Å². The Bertz CT molecular complexity index is 540. The number of hydrogen-bond acceptors (Lipinski definition) is 8. The van der Waals surface area contributed by atoms with Crippen molar-refractivity contribution in [3.05, 3.63) is 24.5 Å². The fraction of sp³-hybridized carbons (Fsp3) is 0.727. The molecule has 0 spiro atoms. The number of nitrogens with one attached hydrogen (secondary N) is 1. The molecule has 0 aromatic carbocycles. The summed E-state index contributed by atoms with van der Waals surface area (Å²) in [4.78, 5) is 15.4. The molecule has 0 radical (unpaired) electrons. The van der Waals surface area contributed by atoms with Crippen molar-refractivity contribution in [3.8, 4) is 5.75 Å². The Morgan fingerprint density at radius 2 is 1.34 bits per heavy atom. The van der Waals surface area contributed by atoms with Crippen LogP contribution in [0, 0.1) is 0 Å². The minimum Gasteiger partial charge on any atom is -0.491 e. The molecule has 0 unspecified atom stereocenters. The lowest BCUT2D eigenvalue weighted by atomic mass is 10.2. The molecule has 1 aromatic heterocycles. The average molecular weight is 477 g/mol. The van der Waals surface area contributed by atoms with Crippen molar-refractivity contribution >= 4 is 17.7 Å². The lowest BCUT2D eigenvalue weighted by Crippen LogP contribution is -2.29. The summed E-state index contributed by atoms with van der Waals surface area (Å²) >= 11 is 5.62. The number of carbonyl (C=O) groups excluding carboxylic acids is 1. The number of amides is 1. The highest BCUT2D eigenvalue weighted by Gasteiger charge is 2.01. The zero-order valence-corrected chi connectivity index (χ0v) is 19.6. The number of hydrogen-bond donors (Lipinski definition) is 1. The molecule has 32 heavy (non-hydrogen) atoms. The summed E-state index contributed by atoms with van der Waals surface area (Å²) < 4.78 is 32.1. The Labute approximate surface area is 196 Å². The first kappa shape index (κ1) is 28.4. The van der Waals surface area contributed by atoms with Gasteiger partial charge < -0.3 is 33.7 Å². The van der Waals surface area contributed by atoms with E-state index in [0.29, 0.717) is 59.4 Å². The van der Waals surface area contributed by atoms with Crippen LogP contribution in [0.1, 0.15) is 25.7 Å². The molecular formula is C22H37ClN2O7. The van der Waals surface area contributed by atoms with Crippen LogP contribution in [0.3, 0.4) is 0 Å². The zero-order chi connectivity index (χ0) is 23.0. The number of alkyl carbamates (subject to hydrolysis) is 1. The molecule has 1 heterocycles. The third kappa shape index (κ3) is 19.1. The zero-order valence-electron chi connectivity index (χ0n) is 18.8. The normalized spacial score (nSPS) is 10.8. The number of unbranched alkanes of at least 4 members (excludes halogenated alkanes) is 3. The maximum Gasteiger partial charge on any atom is 0.407 e. The Kier molecular flexibility index (Phi) is 20.0. The van der Waals surface area contributed by atoms with Crippen LogP contribution < -0.4 is 10.1 Å². The summed E-state index contributed by atoms with van der Waals surface area (Å²) in [6.07, 6.45) is 7.25. The Balaban J connectivity index is 1.73. The van der Waals surface area contributed by atoms with Crippen LogP contribution in [0.5, 0.6) is 5.75 Å². The van der Waals surface area contributed by atoms with Gasteiger partial charge in [-0.25, -0.2) is 4.79 Å². The average Bonchev–Trinajstić information content (AvgIpc) is 2.81. The number of rotatable bonds is 22. The first-order chi connectivity index (χ1) is 15.8. The monoisotopic (exact) mass is 476 g/mol. The summed E-state index contributed by atoms with van der Waals surface area (Å²) in [6, 6.07) is 3.58. The van der Waals surface area contributed by atoms with Crippen LogP contribution in [-0.2, 0) is 23.7 Å². The lowest BCUT2D eigenvalue weighted by Gasteiger charge is -2.09. The first-order valence-electron chi connectivity index (χ1n) is 11.1. The van der Waals surface area contributed by atoms with E-state index in [9.17, 15) is 4.79 Å². The molecule has 0 aliphatic carbocycles. The highest BCUT2D eigenvalue weighted by Crippen LogP contribution is 2.05. The van der Waals surface area contributed by atoms with Gasteiger partial charge in [0.25, 0.3) is 0 Å². The number of pyridine rings is 1. The molecule has 9 nitrogen and oxygen atoms in total. The van der Waals surface area contributed by atoms with E-state index in [4.69, 9.17) is 40.0 Å². The largest absolute Gasteiger partial charge is 0.491 e. The van der Waals surface area contributed by atoms with Crippen LogP contribution in [0.4, 0.5) is 4.79 Å². The number of aromatic nitrogens is 1. The predicted octanol–water partition coefficient (Wildman–Crippen LogP) is 3.05. The summed E-state index contributed by atoms with van der Waals surface area (Å²) in [5.41, 5.74) is 0. The van der Waals surface area contributed by atoms with E-state index in [0.717, 1.165) is 43.9 Å². The van der Waals surface area contributed by atoms with Gasteiger partial charge in [0.1, 0.15) is 19.0 Å². The third-order valence-electron chi connectivity index (χ3n) is 4.04. The first-order valence-corrected chi connectivity index (χ1v) is 11.7. The number of carbonyl (C=O) groups is 1. The van der Waals surface area contributed by atoms with E-state index >= 15 is 0 Å². The van der Waals surface area contributed by atoms with E-state index in [-0.39, 0.29) is 6.61 Å². The van der Waals surface area contributed by atoms with Crippen LogP contribution in [0.25, 0.3) is 0 Å². The number of alkyl halides is 1. The van der Waals surface area contributed by atoms with Crippen LogP contribution in [0.2, 0.25) is 0 Å².